The molecule has 1 aromatic heterocycles. The van der Waals surface area contributed by atoms with Crippen molar-refractivity contribution < 1.29 is 4.42 Å². The van der Waals surface area contributed by atoms with E-state index in [2.05, 4.69) is 217 Å². The summed E-state index contributed by atoms with van der Waals surface area (Å²) in [6.07, 6.45) is 0. The minimum absolute atomic E-state index is 0.547. The third kappa shape index (κ3) is 4.37. The molecule has 0 radical (unpaired) electrons. The van der Waals surface area contributed by atoms with Crippen LogP contribution in [-0.4, -0.2) is 0 Å². The molecule has 0 atom stereocenters. The second kappa shape index (κ2) is 12.5. The first kappa shape index (κ1) is 32.8. The molecule has 272 valence electrons. The Kier molecular flexibility index (Phi) is 7.09. The summed E-state index contributed by atoms with van der Waals surface area (Å²) < 4.78 is 6.47. The second-order valence-corrected chi connectivity index (χ2v) is 15.5. The molecule has 0 aliphatic heterocycles. The average molecular weight is 740 g/mol. The highest BCUT2D eigenvalue weighted by Gasteiger charge is 2.56. The van der Waals surface area contributed by atoms with E-state index in [1.165, 1.54) is 55.6 Å². The van der Waals surface area contributed by atoms with Crippen LogP contribution in [0.25, 0.3) is 33.1 Å². The van der Waals surface area contributed by atoms with Gasteiger partial charge in [0, 0.05) is 33.9 Å². The van der Waals surface area contributed by atoms with Crippen molar-refractivity contribution in [3.05, 3.63) is 269 Å². The first-order valence-electron chi connectivity index (χ1n) is 20.1. The van der Waals surface area contributed by atoms with Gasteiger partial charge in [-0.1, -0.05) is 176 Å². The molecule has 58 heavy (non-hydrogen) atoms. The number of benzene rings is 9. The Morgan fingerprint density at radius 1 is 0.293 bits per heavy atom. The summed E-state index contributed by atoms with van der Waals surface area (Å²) >= 11 is 0. The van der Waals surface area contributed by atoms with Gasteiger partial charge in [0.25, 0.3) is 0 Å². The van der Waals surface area contributed by atoms with E-state index in [0.29, 0.717) is 0 Å². The predicted octanol–water partition coefficient (Wildman–Crippen LogP) is 14.1. The molecule has 0 N–H and O–H groups in total. The van der Waals surface area contributed by atoms with Crippen molar-refractivity contribution in [2.45, 2.75) is 10.8 Å². The Balaban J connectivity index is 1.17. The molecule has 10 aromatic rings. The summed E-state index contributed by atoms with van der Waals surface area (Å²) in [5, 5.41) is 2.25. The Bertz CT molecular complexity index is 3090. The van der Waals surface area contributed by atoms with Crippen LogP contribution in [0.3, 0.4) is 0 Å². The van der Waals surface area contributed by atoms with E-state index >= 15 is 0 Å². The average Bonchev–Trinajstić information content (AvgIpc) is 3.81. The monoisotopic (exact) mass is 739 g/mol. The maximum atomic E-state index is 6.47. The van der Waals surface area contributed by atoms with Gasteiger partial charge in [0.15, 0.2) is 0 Å². The maximum absolute atomic E-state index is 6.47. The molecule has 9 aromatic carbocycles. The van der Waals surface area contributed by atoms with Crippen LogP contribution in [0.2, 0.25) is 0 Å². The highest BCUT2D eigenvalue weighted by Crippen LogP contribution is 2.65. The summed E-state index contributed by atoms with van der Waals surface area (Å²) in [5.41, 5.74) is 16.7. The number of nitrogens with zero attached hydrogens (tertiary/aromatic N) is 1. The van der Waals surface area contributed by atoms with Gasteiger partial charge in [0.2, 0.25) is 0 Å². The molecule has 1 spiro atoms. The Morgan fingerprint density at radius 2 is 0.759 bits per heavy atom. The Morgan fingerprint density at radius 3 is 1.41 bits per heavy atom. The molecule has 0 saturated carbocycles. The van der Waals surface area contributed by atoms with E-state index in [1.807, 2.05) is 12.1 Å². The molecule has 2 heteroatoms. The summed E-state index contributed by atoms with van der Waals surface area (Å²) in [7, 11) is 0. The van der Waals surface area contributed by atoms with Gasteiger partial charge in [-0.15, -0.1) is 0 Å². The zero-order valence-corrected chi connectivity index (χ0v) is 31.7. The standard InChI is InChI=1S/C56H37NO/c1-4-18-38(19-5-1)55(39-20-6-2-7-21-39)48-27-13-15-29-50(48)56(51-30-16-14-28-49(51)55)47-26-12-10-24-43(47)44-34-32-41(36-52(44)56)57(40-22-8-3-9-23-40)42-33-35-46-45-25-11-17-31-53(45)58-54(46)37-42/h1-37H. The fraction of sp³-hybridized carbons (Fsp3) is 0.0357. The van der Waals surface area contributed by atoms with E-state index in [1.54, 1.807) is 0 Å². The molecule has 12 rings (SSSR count). The third-order valence-electron chi connectivity index (χ3n) is 12.8. The van der Waals surface area contributed by atoms with E-state index < -0.39 is 10.8 Å². The molecule has 0 unspecified atom stereocenters. The van der Waals surface area contributed by atoms with Gasteiger partial charge in [0.1, 0.15) is 11.2 Å². The minimum Gasteiger partial charge on any atom is -0.456 e. The fourth-order valence-corrected chi connectivity index (χ4v) is 10.6. The molecule has 2 nitrogen and oxygen atoms in total. The fourth-order valence-electron chi connectivity index (χ4n) is 10.6. The van der Waals surface area contributed by atoms with Crippen LogP contribution in [0.4, 0.5) is 17.1 Å². The lowest BCUT2D eigenvalue weighted by Gasteiger charge is -2.50. The molecule has 2 aliphatic carbocycles. The molecule has 1 heterocycles. The number of hydrogen-bond acceptors (Lipinski definition) is 2. The number of para-hydroxylation sites is 2. The highest BCUT2D eigenvalue weighted by molar-refractivity contribution is 6.06. The summed E-state index contributed by atoms with van der Waals surface area (Å²) in [6, 6.07) is 82.5. The van der Waals surface area contributed by atoms with E-state index in [-0.39, 0.29) is 0 Å². The lowest BCUT2D eigenvalue weighted by Crippen LogP contribution is -2.44. The van der Waals surface area contributed by atoms with Crippen LogP contribution in [0, 0.1) is 0 Å². The first-order valence-corrected chi connectivity index (χ1v) is 20.1. The van der Waals surface area contributed by atoms with Gasteiger partial charge in [-0.25, -0.2) is 0 Å². The third-order valence-corrected chi connectivity index (χ3v) is 12.8. The predicted molar refractivity (Wildman–Crippen MR) is 238 cm³/mol. The largest absolute Gasteiger partial charge is 0.456 e. The van der Waals surface area contributed by atoms with Gasteiger partial charge in [-0.3, -0.25) is 0 Å². The van der Waals surface area contributed by atoms with Crippen LogP contribution in [0.1, 0.15) is 44.5 Å². The zero-order valence-electron chi connectivity index (χ0n) is 31.7. The zero-order chi connectivity index (χ0) is 38.3. The van der Waals surface area contributed by atoms with Crippen molar-refractivity contribution in [2.24, 2.45) is 0 Å². The lowest BCUT2D eigenvalue weighted by atomic mass is 9.51. The smallest absolute Gasteiger partial charge is 0.137 e. The number of fused-ring (bicyclic) bond motifs is 12. The second-order valence-electron chi connectivity index (χ2n) is 15.5. The van der Waals surface area contributed by atoms with Gasteiger partial charge >= 0.3 is 0 Å². The minimum atomic E-state index is -0.590. The van der Waals surface area contributed by atoms with Crippen LogP contribution < -0.4 is 4.90 Å². The van der Waals surface area contributed by atoms with Crippen molar-refractivity contribution >= 4 is 39.0 Å². The quantitative estimate of drug-likeness (QED) is 0.175. The number of hydrogen-bond donors (Lipinski definition) is 0. The summed E-state index contributed by atoms with van der Waals surface area (Å²) in [4.78, 5) is 2.38. The summed E-state index contributed by atoms with van der Waals surface area (Å²) in [5.74, 6) is 0. The number of furan rings is 1. The van der Waals surface area contributed by atoms with Crippen molar-refractivity contribution in [3.8, 4) is 11.1 Å². The Hall–Kier alpha value is -7.42. The molecular formula is C56H37NO. The lowest BCUT2D eigenvalue weighted by molar-refractivity contribution is 0.623. The van der Waals surface area contributed by atoms with Crippen molar-refractivity contribution in [1.29, 1.82) is 0 Å². The maximum Gasteiger partial charge on any atom is 0.137 e. The molecule has 0 amide bonds. The molecule has 0 saturated heterocycles. The van der Waals surface area contributed by atoms with E-state index in [4.69, 9.17) is 4.42 Å². The van der Waals surface area contributed by atoms with Gasteiger partial charge in [0.05, 0.1) is 10.8 Å². The topological polar surface area (TPSA) is 16.4 Å². The number of rotatable bonds is 5. The van der Waals surface area contributed by atoms with Crippen LogP contribution in [0.5, 0.6) is 0 Å². The molecule has 0 bridgehead atoms. The van der Waals surface area contributed by atoms with Crippen LogP contribution in [-0.2, 0) is 10.8 Å². The van der Waals surface area contributed by atoms with Gasteiger partial charge < -0.3 is 9.32 Å². The van der Waals surface area contributed by atoms with E-state index in [9.17, 15) is 0 Å². The van der Waals surface area contributed by atoms with Crippen molar-refractivity contribution in [2.75, 3.05) is 4.90 Å². The highest BCUT2D eigenvalue weighted by atomic mass is 16.3. The van der Waals surface area contributed by atoms with Gasteiger partial charge in [-0.05, 0) is 98.1 Å². The van der Waals surface area contributed by atoms with Crippen molar-refractivity contribution in [3.63, 3.8) is 0 Å². The molecular weight excluding hydrogens is 703 g/mol. The summed E-state index contributed by atoms with van der Waals surface area (Å²) in [6.45, 7) is 0. The van der Waals surface area contributed by atoms with Crippen LogP contribution in [0.15, 0.2) is 229 Å². The van der Waals surface area contributed by atoms with Crippen molar-refractivity contribution in [1.82, 2.24) is 0 Å². The molecule has 2 aliphatic rings. The Labute approximate surface area is 337 Å². The SMILES string of the molecule is c1ccc(N(c2ccc3c(c2)C2(c4ccccc4-3)c3ccccc3C(c3ccccc3)(c3ccccc3)c3ccccc32)c2ccc3c(c2)oc2ccccc23)cc1. The van der Waals surface area contributed by atoms with E-state index in [0.717, 1.165) is 39.0 Å². The first-order chi connectivity index (χ1) is 28.8. The molecule has 0 fully saturated rings. The van der Waals surface area contributed by atoms with Gasteiger partial charge in [-0.2, -0.15) is 0 Å². The van der Waals surface area contributed by atoms with Crippen LogP contribution >= 0.6 is 0 Å². The normalized spacial score (nSPS) is 14.1. The number of anilines is 3.